The molecule has 0 radical (unpaired) electrons. The number of hydrogen-bond acceptors (Lipinski definition) is 5. The van der Waals surface area contributed by atoms with E-state index in [-0.39, 0.29) is 17.7 Å². The summed E-state index contributed by atoms with van der Waals surface area (Å²) in [4.78, 5) is 4.18. The van der Waals surface area contributed by atoms with Crippen LogP contribution in [0.15, 0.2) is 28.8 Å². The van der Waals surface area contributed by atoms with E-state index in [1.807, 2.05) is 0 Å². The number of aromatic nitrogens is 2. The van der Waals surface area contributed by atoms with Crippen LogP contribution in [-0.2, 0) is 4.74 Å². The van der Waals surface area contributed by atoms with Crippen LogP contribution in [0.5, 0.6) is 0 Å². The molecule has 1 aliphatic rings. The first kappa shape index (κ1) is 11.3. The minimum Gasteiger partial charge on any atom is -0.366 e. The van der Waals surface area contributed by atoms with Gasteiger partial charge in [0.2, 0.25) is 5.82 Å². The number of hydrogen-bond donors (Lipinski definition) is 1. The van der Waals surface area contributed by atoms with Gasteiger partial charge in [-0.15, -0.1) is 0 Å². The second kappa shape index (κ2) is 4.83. The van der Waals surface area contributed by atoms with E-state index in [9.17, 15) is 4.39 Å². The maximum Gasteiger partial charge on any atom is 0.257 e. The van der Waals surface area contributed by atoms with Crippen molar-refractivity contribution < 1.29 is 13.7 Å². The number of ether oxygens (including phenoxy) is 1. The molecule has 94 valence electrons. The standard InChI is InChI=1S/C12H12FN3O2/c13-9-4-2-1-3-8(9)11-15-12(18-16-11)10-7-14-5-6-17-10/h1-4,10,14H,5-7H2. The Morgan fingerprint density at radius 2 is 2.22 bits per heavy atom. The van der Waals surface area contributed by atoms with Crippen molar-refractivity contribution in [2.45, 2.75) is 6.10 Å². The molecule has 6 heteroatoms. The van der Waals surface area contributed by atoms with Gasteiger partial charge in [0.25, 0.3) is 5.89 Å². The van der Waals surface area contributed by atoms with Crippen LogP contribution in [0.25, 0.3) is 11.4 Å². The lowest BCUT2D eigenvalue weighted by molar-refractivity contribution is 0.00755. The van der Waals surface area contributed by atoms with Crippen molar-refractivity contribution in [1.29, 1.82) is 0 Å². The van der Waals surface area contributed by atoms with Crippen molar-refractivity contribution in [3.8, 4) is 11.4 Å². The van der Waals surface area contributed by atoms with Crippen LogP contribution < -0.4 is 5.32 Å². The third-order valence-electron chi connectivity index (χ3n) is 2.76. The molecular formula is C12H12FN3O2. The molecule has 0 saturated carbocycles. The van der Waals surface area contributed by atoms with Crippen LogP contribution in [0.2, 0.25) is 0 Å². The van der Waals surface area contributed by atoms with Gasteiger partial charge in [0, 0.05) is 13.1 Å². The van der Waals surface area contributed by atoms with E-state index in [0.29, 0.717) is 24.6 Å². The largest absolute Gasteiger partial charge is 0.366 e. The number of nitrogens with zero attached hydrogens (tertiary/aromatic N) is 2. The topological polar surface area (TPSA) is 60.2 Å². The van der Waals surface area contributed by atoms with Crippen molar-refractivity contribution in [3.63, 3.8) is 0 Å². The average Bonchev–Trinajstić information content (AvgIpc) is 2.90. The lowest BCUT2D eigenvalue weighted by Gasteiger charge is -2.19. The fraction of sp³-hybridized carbons (Fsp3) is 0.333. The lowest BCUT2D eigenvalue weighted by Crippen LogP contribution is -2.33. The van der Waals surface area contributed by atoms with E-state index in [4.69, 9.17) is 9.26 Å². The molecule has 1 N–H and O–H groups in total. The number of nitrogens with one attached hydrogen (secondary N) is 1. The SMILES string of the molecule is Fc1ccccc1-c1noc(C2CNCCO2)n1. The maximum absolute atomic E-state index is 13.6. The fourth-order valence-electron chi connectivity index (χ4n) is 1.84. The fourth-order valence-corrected chi connectivity index (χ4v) is 1.84. The zero-order valence-corrected chi connectivity index (χ0v) is 9.60. The van der Waals surface area contributed by atoms with Crippen molar-refractivity contribution >= 4 is 0 Å². The van der Waals surface area contributed by atoms with Crippen molar-refractivity contribution in [2.24, 2.45) is 0 Å². The highest BCUT2D eigenvalue weighted by atomic mass is 19.1. The lowest BCUT2D eigenvalue weighted by atomic mass is 10.2. The Labute approximate surface area is 103 Å². The van der Waals surface area contributed by atoms with Gasteiger partial charge in [-0.05, 0) is 12.1 Å². The predicted molar refractivity (Wildman–Crippen MR) is 61.3 cm³/mol. The smallest absolute Gasteiger partial charge is 0.257 e. The zero-order chi connectivity index (χ0) is 12.4. The highest BCUT2D eigenvalue weighted by molar-refractivity contribution is 5.54. The Kier molecular flexibility index (Phi) is 3.04. The molecule has 1 aromatic carbocycles. The van der Waals surface area contributed by atoms with Gasteiger partial charge in [-0.25, -0.2) is 4.39 Å². The van der Waals surface area contributed by atoms with Crippen LogP contribution in [0.3, 0.4) is 0 Å². The molecule has 0 aliphatic carbocycles. The molecule has 0 bridgehead atoms. The van der Waals surface area contributed by atoms with E-state index in [2.05, 4.69) is 15.5 Å². The Morgan fingerprint density at radius 1 is 1.33 bits per heavy atom. The molecular weight excluding hydrogens is 237 g/mol. The van der Waals surface area contributed by atoms with Gasteiger partial charge >= 0.3 is 0 Å². The van der Waals surface area contributed by atoms with E-state index in [0.717, 1.165) is 6.54 Å². The van der Waals surface area contributed by atoms with E-state index in [1.54, 1.807) is 18.2 Å². The summed E-state index contributed by atoms with van der Waals surface area (Å²) >= 11 is 0. The number of benzene rings is 1. The summed E-state index contributed by atoms with van der Waals surface area (Å²) < 4.78 is 24.2. The van der Waals surface area contributed by atoms with Gasteiger partial charge in [-0.3, -0.25) is 0 Å². The first-order valence-corrected chi connectivity index (χ1v) is 5.75. The summed E-state index contributed by atoms with van der Waals surface area (Å²) in [7, 11) is 0. The Balaban J connectivity index is 1.87. The minimum atomic E-state index is -0.368. The molecule has 1 saturated heterocycles. The molecule has 5 nitrogen and oxygen atoms in total. The van der Waals surface area contributed by atoms with Crippen molar-refractivity contribution in [3.05, 3.63) is 36.0 Å². The summed E-state index contributed by atoms with van der Waals surface area (Å²) in [6.45, 7) is 2.03. The molecule has 2 aromatic rings. The quantitative estimate of drug-likeness (QED) is 0.874. The number of rotatable bonds is 2. The van der Waals surface area contributed by atoms with Gasteiger partial charge in [0.1, 0.15) is 11.9 Å². The Hall–Kier alpha value is -1.79. The molecule has 1 aromatic heterocycles. The van der Waals surface area contributed by atoms with Crippen LogP contribution in [0.4, 0.5) is 4.39 Å². The minimum absolute atomic E-state index is 0.247. The first-order valence-electron chi connectivity index (χ1n) is 5.75. The Bertz CT molecular complexity index is 538. The van der Waals surface area contributed by atoms with Crippen LogP contribution >= 0.6 is 0 Å². The zero-order valence-electron chi connectivity index (χ0n) is 9.60. The summed E-state index contributed by atoms with van der Waals surface area (Å²) in [5.41, 5.74) is 0.330. The summed E-state index contributed by atoms with van der Waals surface area (Å²) in [6, 6.07) is 6.33. The molecule has 0 amide bonds. The molecule has 3 rings (SSSR count). The van der Waals surface area contributed by atoms with Crippen LogP contribution in [0.1, 0.15) is 12.0 Å². The summed E-state index contributed by atoms with van der Waals surface area (Å²) in [5, 5.41) is 6.96. The van der Waals surface area contributed by atoms with Gasteiger partial charge in [0.15, 0.2) is 0 Å². The summed E-state index contributed by atoms with van der Waals surface area (Å²) in [5.74, 6) is 0.255. The van der Waals surface area contributed by atoms with E-state index < -0.39 is 0 Å². The van der Waals surface area contributed by atoms with Gasteiger partial charge in [-0.1, -0.05) is 17.3 Å². The third kappa shape index (κ3) is 2.12. The van der Waals surface area contributed by atoms with E-state index >= 15 is 0 Å². The third-order valence-corrected chi connectivity index (χ3v) is 2.76. The van der Waals surface area contributed by atoms with Gasteiger partial charge in [0.05, 0.1) is 12.2 Å². The monoisotopic (exact) mass is 249 g/mol. The number of halogens is 1. The second-order valence-corrected chi connectivity index (χ2v) is 4.00. The molecule has 1 fully saturated rings. The first-order chi connectivity index (χ1) is 8.84. The average molecular weight is 249 g/mol. The highest BCUT2D eigenvalue weighted by Crippen LogP contribution is 2.23. The molecule has 1 atom stereocenters. The molecule has 1 aliphatic heterocycles. The predicted octanol–water partition coefficient (Wildman–Crippen LogP) is 1.54. The highest BCUT2D eigenvalue weighted by Gasteiger charge is 2.23. The molecule has 0 spiro atoms. The molecule has 1 unspecified atom stereocenters. The maximum atomic E-state index is 13.6. The normalized spacial score (nSPS) is 19.9. The van der Waals surface area contributed by atoms with Crippen molar-refractivity contribution in [1.82, 2.24) is 15.5 Å². The number of morpholine rings is 1. The Morgan fingerprint density at radius 3 is 3.00 bits per heavy atom. The van der Waals surface area contributed by atoms with Gasteiger partial charge in [-0.2, -0.15) is 4.98 Å². The van der Waals surface area contributed by atoms with E-state index in [1.165, 1.54) is 6.07 Å². The summed E-state index contributed by atoms with van der Waals surface area (Å²) in [6.07, 6.45) is -0.258. The molecule has 18 heavy (non-hydrogen) atoms. The van der Waals surface area contributed by atoms with Crippen LogP contribution in [0, 0.1) is 5.82 Å². The van der Waals surface area contributed by atoms with Crippen molar-refractivity contribution in [2.75, 3.05) is 19.7 Å². The molecule has 2 heterocycles. The van der Waals surface area contributed by atoms with Crippen LogP contribution in [-0.4, -0.2) is 29.8 Å². The van der Waals surface area contributed by atoms with Gasteiger partial charge < -0.3 is 14.6 Å². The second-order valence-electron chi connectivity index (χ2n) is 4.00.